The average Bonchev–Trinajstić information content (AvgIpc) is 3.40. The van der Waals surface area contributed by atoms with Crippen molar-refractivity contribution in [3.63, 3.8) is 0 Å². The molecule has 4 N–H and O–H groups in total. The van der Waals surface area contributed by atoms with Crippen molar-refractivity contribution in [3.8, 4) is 0 Å². The summed E-state index contributed by atoms with van der Waals surface area (Å²) in [6.07, 6.45) is 37.2. The van der Waals surface area contributed by atoms with Crippen LogP contribution in [0.3, 0.4) is 0 Å². The summed E-state index contributed by atoms with van der Waals surface area (Å²) in [7, 11) is 2.89. The first kappa shape index (κ1) is 74.5. The SMILES string of the molecule is C/C=C\C[C@@H](C/C=C\NC(=O)[C@@H](NC(=O)\C=C/C=C\C(C)=C\[C@H](C)[C@@H]1CC=C(OC)C(=O)O1)C(C)(C)C)OC(C)C.COC1=CC[C@@H]([C@@H](C)/C=C(C)/C=C\C=C/C(=O)N[C@H](C(=O)N/C=C\C[C@H](C/C=C(\C)Cl)OC(C)C)C(C)(C)C)OC1=O. The molecule has 0 saturated heterocycles. The van der Waals surface area contributed by atoms with Gasteiger partial charge in [-0.25, -0.2) is 9.59 Å². The van der Waals surface area contributed by atoms with E-state index in [-0.39, 0.29) is 83.6 Å². The number of carbonyl (C=O) groups excluding carboxylic acids is 6. The van der Waals surface area contributed by atoms with Crippen molar-refractivity contribution in [1.82, 2.24) is 21.3 Å². The van der Waals surface area contributed by atoms with Gasteiger partial charge in [-0.15, -0.1) is 0 Å². The van der Waals surface area contributed by atoms with Crippen molar-refractivity contribution in [2.75, 3.05) is 14.2 Å². The van der Waals surface area contributed by atoms with Gasteiger partial charge in [0.25, 0.3) is 0 Å². The molecule has 0 aromatic rings. The Morgan fingerprint density at radius 2 is 0.964 bits per heavy atom. The van der Waals surface area contributed by atoms with Crippen LogP contribution in [-0.2, 0) is 57.2 Å². The van der Waals surface area contributed by atoms with Crippen LogP contribution in [0.5, 0.6) is 0 Å². The quantitative estimate of drug-likeness (QED) is 0.0229. The van der Waals surface area contributed by atoms with Gasteiger partial charge in [0.15, 0.2) is 11.5 Å². The standard InChI is InChI=1S/C33H49ClN2O6.C33H50N2O6/c1-22(2)41-26(17-16-25(5)34)14-12-20-35-31(38)30(33(6,7)8)36-29(37)15-11-10-13-23(3)21-24(4)27-18-19-28(40-9)32(39)42-27;1-10-11-16-26(40-23(2)3)17-14-21-34-31(37)30(33(6,7)8)35-29(36)18-13-12-15-24(4)22-25(5)27-19-20-28(39-9)32(38)41-27/h10-13,15-16,19-22,24,26-27,30H,14,17-18H2,1-9H3,(H,35,38)(H,36,37);10-15,18,20-23,25-27,30H,16-17,19H2,1-9H3,(H,34,37)(H,35,36)/b13-10-,15-11-,20-12-,23-21+,25-16+;11-10-,15-12-,18-13-,21-14-,24-22+/t24-,26+,27-,30+;25-,26-,27-,30+/m00/s1. The number of allylic oxidation sites excluding steroid dienone is 10. The number of ether oxygens (including phenoxy) is 6. The van der Waals surface area contributed by atoms with Crippen LogP contribution < -0.4 is 21.3 Å². The highest BCUT2D eigenvalue weighted by atomic mass is 35.5. The molecule has 0 aromatic heterocycles. The Labute approximate surface area is 501 Å². The first-order valence-corrected chi connectivity index (χ1v) is 29.0. The number of nitrogens with one attached hydrogen (secondary N) is 4. The van der Waals surface area contributed by atoms with E-state index in [4.69, 9.17) is 40.0 Å². The van der Waals surface area contributed by atoms with Gasteiger partial charge in [-0.05, 0) is 116 Å². The zero-order valence-electron chi connectivity index (χ0n) is 52.8. The molecule has 0 aliphatic carbocycles. The monoisotopic (exact) mass is 1170 g/mol. The molecule has 2 rings (SSSR count). The van der Waals surface area contributed by atoms with Crippen LogP contribution in [0.25, 0.3) is 0 Å². The maximum Gasteiger partial charge on any atom is 0.373 e. The molecular weight excluding hydrogens is 1080 g/mol. The van der Waals surface area contributed by atoms with Crippen LogP contribution >= 0.6 is 11.6 Å². The molecule has 8 atom stereocenters. The second kappa shape index (κ2) is 39.1. The molecule has 0 aromatic carbocycles. The Balaban J connectivity index is 0.000000830. The third kappa shape index (κ3) is 32.2. The fourth-order valence-electron chi connectivity index (χ4n) is 8.32. The van der Waals surface area contributed by atoms with Gasteiger partial charge in [0.05, 0.1) is 38.6 Å². The first-order valence-electron chi connectivity index (χ1n) is 28.6. The van der Waals surface area contributed by atoms with E-state index < -0.39 is 34.9 Å². The summed E-state index contributed by atoms with van der Waals surface area (Å²) in [6.45, 7) is 31.0. The van der Waals surface area contributed by atoms with E-state index in [1.165, 1.54) is 26.4 Å². The number of cyclic esters (lactones) is 2. The largest absolute Gasteiger partial charge is 0.490 e. The van der Waals surface area contributed by atoms with Gasteiger partial charge in [-0.2, -0.15) is 0 Å². The number of amides is 4. The fraction of sp³-hybridized carbons (Fsp3) is 0.545. The van der Waals surface area contributed by atoms with Gasteiger partial charge in [-0.3, -0.25) is 19.2 Å². The van der Waals surface area contributed by atoms with Crippen molar-refractivity contribution in [2.24, 2.45) is 22.7 Å². The van der Waals surface area contributed by atoms with Gasteiger partial charge in [0.1, 0.15) is 24.3 Å². The normalized spacial score (nSPS) is 19.1. The highest BCUT2D eigenvalue weighted by Crippen LogP contribution is 2.25. The predicted octanol–water partition coefficient (Wildman–Crippen LogP) is 12.2. The molecular formula is C66H99ClN4O12. The molecule has 0 saturated carbocycles. The molecule has 0 bridgehead atoms. The fourth-order valence-corrected chi connectivity index (χ4v) is 8.41. The minimum atomic E-state index is -0.749. The molecule has 2 aliphatic heterocycles. The maximum atomic E-state index is 12.9. The number of rotatable bonds is 30. The summed E-state index contributed by atoms with van der Waals surface area (Å²) in [6, 6.07) is -1.48. The molecule has 0 radical (unpaired) electrons. The predicted molar refractivity (Wildman–Crippen MR) is 332 cm³/mol. The van der Waals surface area contributed by atoms with Crippen molar-refractivity contribution >= 4 is 47.2 Å². The lowest BCUT2D eigenvalue weighted by Gasteiger charge is -2.29. The molecule has 2 aliphatic rings. The second-order valence-electron chi connectivity index (χ2n) is 23.2. The molecule has 83 heavy (non-hydrogen) atoms. The van der Waals surface area contributed by atoms with Crippen LogP contribution in [0.15, 0.2) is 143 Å². The summed E-state index contributed by atoms with van der Waals surface area (Å²) >= 11 is 5.96. The zero-order chi connectivity index (χ0) is 62.9. The van der Waals surface area contributed by atoms with E-state index in [9.17, 15) is 28.8 Å². The first-order chi connectivity index (χ1) is 38.9. The van der Waals surface area contributed by atoms with E-state index in [0.29, 0.717) is 37.1 Å². The van der Waals surface area contributed by atoms with Crippen LogP contribution in [0.1, 0.15) is 149 Å². The topological polar surface area (TPSA) is 206 Å². The lowest BCUT2D eigenvalue weighted by molar-refractivity contribution is -0.152. The van der Waals surface area contributed by atoms with Crippen LogP contribution in [0.4, 0.5) is 0 Å². The van der Waals surface area contributed by atoms with Crippen LogP contribution in [0, 0.1) is 22.7 Å². The summed E-state index contributed by atoms with van der Waals surface area (Å²) in [4.78, 5) is 74.9. The summed E-state index contributed by atoms with van der Waals surface area (Å²) in [5, 5.41) is 11.9. The Bertz CT molecular complexity index is 2470. The van der Waals surface area contributed by atoms with E-state index in [2.05, 4.69) is 27.3 Å². The van der Waals surface area contributed by atoms with Gasteiger partial charge < -0.3 is 49.7 Å². The molecule has 2 heterocycles. The van der Waals surface area contributed by atoms with Crippen LogP contribution in [-0.4, -0.2) is 98.5 Å². The third-order valence-electron chi connectivity index (χ3n) is 12.6. The number of esters is 2. The number of carbonyl (C=O) groups is 6. The van der Waals surface area contributed by atoms with Gasteiger partial charge in [-0.1, -0.05) is 157 Å². The number of hydrogen-bond acceptors (Lipinski definition) is 12. The van der Waals surface area contributed by atoms with E-state index in [0.717, 1.165) is 17.6 Å². The maximum absolute atomic E-state index is 12.9. The Morgan fingerprint density at radius 3 is 1.29 bits per heavy atom. The molecule has 0 fully saturated rings. The van der Waals surface area contributed by atoms with E-state index in [1.807, 2.05) is 159 Å². The van der Waals surface area contributed by atoms with Gasteiger partial charge >= 0.3 is 11.9 Å². The van der Waals surface area contributed by atoms with E-state index >= 15 is 0 Å². The smallest absolute Gasteiger partial charge is 0.373 e. The molecule has 4 amide bonds. The molecule has 462 valence electrons. The minimum Gasteiger partial charge on any atom is -0.490 e. The molecule has 17 heteroatoms. The molecule has 0 spiro atoms. The van der Waals surface area contributed by atoms with Crippen molar-refractivity contribution in [1.29, 1.82) is 0 Å². The Hall–Kier alpha value is -6.49. The highest BCUT2D eigenvalue weighted by Gasteiger charge is 2.34. The van der Waals surface area contributed by atoms with Crippen molar-refractivity contribution in [3.05, 3.63) is 143 Å². The van der Waals surface area contributed by atoms with Crippen molar-refractivity contribution < 1.29 is 57.2 Å². The summed E-state index contributed by atoms with van der Waals surface area (Å²) < 4.78 is 32.7. The van der Waals surface area contributed by atoms with Crippen molar-refractivity contribution in [2.45, 2.75) is 198 Å². The van der Waals surface area contributed by atoms with Gasteiger partial charge in [0.2, 0.25) is 23.6 Å². The summed E-state index contributed by atoms with van der Waals surface area (Å²) in [5.74, 6) is -1.76. The lowest BCUT2D eigenvalue weighted by atomic mass is 9.86. The zero-order valence-corrected chi connectivity index (χ0v) is 53.5. The third-order valence-corrected chi connectivity index (χ3v) is 12.8. The Kier molecular flexibility index (Phi) is 35.1. The second-order valence-corrected chi connectivity index (χ2v) is 23.8. The number of hydrogen-bond donors (Lipinski definition) is 4. The van der Waals surface area contributed by atoms with Crippen LogP contribution in [0.2, 0.25) is 0 Å². The van der Waals surface area contributed by atoms with Gasteiger partial charge in [0, 0.05) is 41.9 Å². The molecule has 0 unspecified atom stereocenters. The highest BCUT2D eigenvalue weighted by molar-refractivity contribution is 6.29. The average molecular weight is 1180 g/mol. The lowest BCUT2D eigenvalue weighted by Crippen LogP contribution is -2.52. The number of halogens is 1. The Morgan fingerprint density at radius 1 is 0.602 bits per heavy atom. The molecule has 16 nitrogen and oxygen atoms in total. The summed E-state index contributed by atoms with van der Waals surface area (Å²) in [5.41, 5.74) is 0.911. The number of methoxy groups -OCH3 is 2. The van der Waals surface area contributed by atoms with E-state index in [1.54, 1.807) is 48.9 Å². The minimum absolute atomic E-state index is 0.000864.